The Morgan fingerprint density at radius 2 is 1.80 bits per heavy atom. The number of fused-ring (bicyclic) bond motifs is 1. The van der Waals surface area contributed by atoms with Crippen molar-refractivity contribution in [3.8, 4) is 16.9 Å². The Bertz CT molecular complexity index is 1540. The van der Waals surface area contributed by atoms with Crippen LogP contribution in [0, 0.1) is 11.6 Å². The lowest BCUT2D eigenvalue weighted by Crippen LogP contribution is -2.44. The standard InChI is InChI=1S/C30H31ClF2N4O2S/c1-34-20-5-7-21(8-6-20)37(30(38)29-27(31)26-22(32)9-10-23(33)28(26)40-29)16-19-14-17(4-11-24(19)39-3)18-12-13-36-25(15-18)35-2/h4,9-15,20-21,34H,5-8,16H2,1-3H3,(H,35,36)/t20-,21+. The van der Waals surface area contributed by atoms with Gasteiger partial charge in [-0.15, -0.1) is 11.3 Å². The van der Waals surface area contributed by atoms with Gasteiger partial charge in [-0.25, -0.2) is 13.8 Å². The molecule has 0 unspecified atom stereocenters. The third kappa shape index (κ3) is 5.50. The van der Waals surface area contributed by atoms with Crippen LogP contribution < -0.4 is 15.4 Å². The molecule has 0 saturated heterocycles. The van der Waals surface area contributed by atoms with Crippen molar-refractivity contribution in [2.45, 2.75) is 44.3 Å². The number of ether oxygens (including phenoxy) is 1. The second-order valence-electron chi connectivity index (χ2n) is 9.91. The van der Waals surface area contributed by atoms with Crippen LogP contribution in [0.1, 0.15) is 40.9 Å². The monoisotopic (exact) mass is 584 g/mol. The molecule has 4 aromatic rings. The quantitative estimate of drug-likeness (QED) is 0.231. The lowest BCUT2D eigenvalue weighted by Gasteiger charge is -2.37. The fourth-order valence-corrected chi connectivity index (χ4v) is 6.93. The molecule has 0 aliphatic heterocycles. The van der Waals surface area contributed by atoms with Gasteiger partial charge in [-0.1, -0.05) is 17.7 Å². The highest BCUT2D eigenvalue weighted by molar-refractivity contribution is 7.21. The molecule has 1 aliphatic carbocycles. The van der Waals surface area contributed by atoms with E-state index < -0.39 is 11.6 Å². The summed E-state index contributed by atoms with van der Waals surface area (Å²) < 4.78 is 35.0. The maximum atomic E-state index is 14.6. The number of aromatic nitrogens is 1. The van der Waals surface area contributed by atoms with E-state index in [0.29, 0.717) is 11.8 Å². The minimum atomic E-state index is -0.648. The molecule has 2 aromatic carbocycles. The second-order valence-corrected chi connectivity index (χ2v) is 11.3. The Balaban J connectivity index is 1.56. The van der Waals surface area contributed by atoms with E-state index in [-0.39, 0.29) is 38.5 Å². The summed E-state index contributed by atoms with van der Waals surface area (Å²) in [6.45, 7) is 0.254. The Morgan fingerprint density at radius 3 is 2.48 bits per heavy atom. The van der Waals surface area contributed by atoms with Crippen molar-refractivity contribution < 1.29 is 18.3 Å². The highest BCUT2D eigenvalue weighted by Gasteiger charge is 2.33. The molecule has 10 heteroatoms. The minimum Gasteiger partial charge on any atom is -0.496 e. The third-order valence-corrected chi connectivity index (χ3v) is 9.33. The number of rotatable bonds is 8. The van der Waals surface area contributed by atoms with Gasteiger partial charge in [0.05, 0.1) is 22.2 Å². The van der Waals surface area contributed by atoms with E-state index in [1.807, 2.05) is 44.4 Å². The molecule has 40 heavy (non-hydrogen) atoms. The first kappa shape index (κ1) is 28.3. The van der Waals surface area contributed by atoms with Gasteiger partial charge in [-0.3, -0.25) is 4.79 Å². The predicted molar refractivity (Wildman–Crippen MR) is 157 cm³/mol. The van der Waals surface area contributed by atoms with Crippen molar-refractivity contribution in [1.29, 1.82) is 0 Å². The number of thiophene rings is 1. The summed E-state index contributed by atoms with van der Waals surface area (Å²) >= 11 is 7.46. The van der Waals surface area contributed by atoms with Crippen LogP contribution in [0.5, 0.6) is 5.75 Å². The number of pyridine rings is 1. The summed E-state index contributed by atoms with van der Waals surface area (Å²) in [5, 5.41) is 6.29. The Labute approximate surface area is 241 Å². The molecule has 0 spiro atoms. The molecule has 1 saturated carbocycles. The number of benzene rings is 2. The molecule has 210 valence electrons. The van der Waals surface area contributed by atoms with E-state index in [2.05, 4.69) is 15.6 Å². The Morgan fingerprint density at radius 1 is 1.07 bits per heavy atom. The average molecular weight is 585 g/mol. The smallest absolute Gasteiger partial charge is 0.266 e. The molecular formula is C30H31ClF2N4O2S. The van der Waals surface area contributed by atoms with Crippen molar-refractivity contribution in [1.82, 2.24) is 15.2 Å². The third-order valence-electron chi connectivity index (χ3n) is 7.65. The van der Waals surface area contributed by atoms with E-state index in [9.17, 15) is 13.6 Å². The first-order valence-corrected chi connectivity index (χ1v) is 14.4. The van der Waals surface area contributed by atoms with E-state index in [4.69, 9.17) is 16.3 Å². The first-order chi connectivity index (χ1) is 19.3. The lowest BCUT2D eigenvalue weighted by atomic mass is 9.89. The summed E-state index contributed by atoms with van der Waals surface area (Å²) in [4.78, 5) is 20.4. The van der Waals surface area contributed by atoms with Gasteiger partial charge in [-0.2, -0.15) is 0 Å². The molecule has 6 nitrogen and oxygen atoms in total. The molecule has 2 N–H and O–H groups in total. The van der Waals surface area contributed by atoms with Crippen molar-refractivity contribution in [3.63, 3.8) is 0 Å². The highest BCUT2D eigenvalue weighted by Crippen LogP contribution is 2.40. The van der Waals surface area contributed by atoms with Gasteiger partial charge in [0.15, 0.2) is 0 Å². The number of carbonyl (C=O) groups is 1. The number of hydrogen-bond donors (Lipinski definition) is 2. The number of amides is 1. The second kappa shape index (κ2) is 12.1. The molecule has 5 rings (SSSR count). The average Bonchev–Trinajstić information content (AvgIpc) is 3.35. The number of halogens is 3. The highest BCUT2D eigenvalue weighted by atomic mass is 35.5. The van der Waals surface area contributed by atoms with Crippen molar-refractivity contribution in [2.24, 2.45) is 0 Å². The Hall–Kier alpha value is -3.27. The van der Waals surface area contributed by atoms with Crippen LogP contribution >= 0.6 is 22.9 Å². The SMILES string of the molecule is CNc1cc(-c2ccc(OC)c(CN(C(=O)c3sc4c(F)ccc(F)c4c3Cl)[C@H]3CC[C@@H](NC)CC3)c2)ccn1. The molecule has 0 bridgehead atoms. The van der Waals surface area contributed by atoms with E-state index in [0.717, 1.165) is 71.7 Å². The molecule has 1 fully saturated rings. The molecule has 2 heterocycles. The summed E-state index contributed by atoms with van der Waals surface area (Å²) in [5.41, 5.74) is 2.74. The fraction of sp³-hybridized carbons (Fsp3) is 0.333. The zero-order valence-electron chi connectivity index (χ0n) is 22.6. The predicted octanol–water partition coefficient (Wildman–Crippen LogP) is 7.12. The van der Waals surface area contributed by atoms with Gasteiger partial charge in [0.25, 0.3) is 5.91 Å². The number of nitrogens with zero attached hydrogens (tertiary/aromatic N) is 2. The molecular weight excluding hydrogens is 554 g/mol. The number of carbonyl (C=O) groups excluding carboxylic acids is 1. The minimum absolute atomic E-state index is 0.0461. The Kier molecular flexibility index (Phi) is 8.54. The largest absolute Gasteiger partial charge is 0.496 e. The van der Waals surface area contributed by atoms with Crippen LogP contribution in [0.3, 0.4) is 0 Å². The zero-order chi connectivity index (χ0) is 28.4. The van der Waals surface area contributed by atoms with E-state index >= 15 is 0 Å². The van der Waals surface area contributed by atoms with Crippen LogP contribution in [-0.2, 0) is 6.54 Å². The number of methoxy groups -OCH3 is 1. The molecule has 2 aromatic heterocycles. The van der Waals surface area contributed by atoms with Crippen molar-refractivity contribution in [2.75, 3.05) is 26.5 Å². The molecule has 1 amide bonds. The fourth-order valence-electron chi connectivity index (χ4n) is 5.42. The van der Waals surface area contributed by atoms with Crippen molar-refractivity contribution in [3.05, 3.63) is 75.8 Å². The van der Waals surface area contributed by atoms with Gasteiger partial charge in [0.1, 0.15) is 28.1 Å². The van der Waals surface area contributed by atoms with Crippen molar-refractivity contribution >= 4 is 44.7 Å². The van der Waals surface area contributed by atoms with Crippen LogP contribution in [0.2, 0.25) is 5.02 Å². The number of anilines is 1. The van der Waals surface area contributed by atoms with E-state index in [1.165, 1.54) is 0 Å². The van der Waals surface area contributed by atoms with Gasteiger partial charge in [0.2, 0.25) is 0 Å². The first-order valence-electron chi connectivity index (χ1n) is 13.2. The van der Waals surface area contributed by atoms with Gasteiger partial charge < -0.3 is 20.3 Å². The van der Waals surface area contributed by atoms with Crippen LogP contribution in [-0.4, -0.2) is 49.1 Å². The normalized spacial score (nSPS) is 17.1. The number of hydrogen-bond acceptors (Lipinski definition) is 6. The molecule has 0 atom stereocenters. The molecule has 0 radical (unpaired) electrons. The summed E-state index contributed by atoms with van der Waals surface area (Å²) in [6.07, 6.45) is 5.15. The maximum Gasteiger partial charge on any atom is 0.266 e. The van der Waals surface area contributed by atoms with E-state index in [1.54, 1.807) is 18.2 Å². The maximum absolute atomic E-state index is 14.6. The topological polar surface area (TPSA) is 66.5 Å². The zero-order valence-corrected chi connectivity index (χ0v) is 24.1. The lowest BCUT2D eigenvalue weighted by molar-refractivity contribution is 0.0604. The van der Waals surface area contributed by atoms with Crippen LogP contribution in [0.15, 0.2) is 48.7 Å². The summed E-state index contributed by atoms with van der Waals surface area (Å²) in [6, 6.07) is 12.2. The summed E-state index contributed by atoms with van der Waals surface area (Å²) in [5.74, 6) is -0.201. The van der Waals surface area contributed by atoms with Crippen LogP contribution in [0.4, 0.5) is 14.6 Å². The van der Waals surface area contributed by atoms with Gasteiger partial charge in [0, 0.05) is 37.4 Å². The number of nitrogens with one attached hydrogen (secondary N) is 2. The van der Waals surface area contributed by atoms with Crippen LogP contribution in [0.25, 0.3) is 21.2 Å². The van der Waals surface area contributed by atoms with Gasteiger partial charge in [-0.05, 0) is 80.3 Å². The molecule has 1 aliphatic rings. The van der Waals surface area contributed by atoms with Gasteiger partial charge >= 0.3 is 0 Å². The summed E-state index contributed by atoms with van der Waals surface area (Å²) in [7, 11) is 5.36.